The molecule has 0 aliphatic rings. The molecule has 40 heavy (non-hydrogen) atoms. The van der Waals surface area contributed by atoms with Crippen LogP contribution in [0.4, 0.5) is 22.0 Å². The lowest BCUT2D eigenvalue weighted by Gasteiger charge is -2.29. The Morgan fingerprint density at radius 2 is 1.95 bits per heavy atom. The monoisotopic (exact) mass is 573 g/mol. The lowest BCUT2D eigenvalue weighted by Crippen LogP contribution is -2.37. The zero-order valence-electron chi connectivity index (χ0n) is 21.5. The van der Waals surface area contributed by atoms with E-state index in [0.717, 1.165) is 11.8 Å². The van der Waals surface area contributed by atoms with Gasteiger partial charge in [-0.15, -0.1) is 0 Å². The van der Waals surface area contributed by atoms with Crippen LogP contribution in [0.2, 0.25) is 0 Å². The van der Waals surface area contributed by atoms with Crippen LogP contribution in [0.15, 0.2) is 54.9 Å². The number of imidazole rings is 1. The van der Waals surface area contributed by atoms with Crippen molar-refractivity contribution in [3.8, 4) is 17.3 Å². The number of carbonyl (C=O) groups excluding carboxylic acids is 1. The maximum atomic E-state index is 14.6. The molecular weight excluding hydrogens is 549 g/mol. The standard InChI is InChI=1S/C28H24F5N5OS/c1-3-40-12-11-37(24(39)14-18-5-8-22(29)21(13-18)28(31,32)33)17(2)25-26(38-10-4-9-35-27(38)36-25)19-6-7-20(16-34)23(30)15-19/h4-10,13,15,17H,3,11-12,14H2,1-2H3. The minimum absolute atomic E-state index is 0.0186. The van der Waals surface area contributed by atoms with Gasteiger partial charge in [-0.3, -0.25) is 9.20 Å². The molecule has 2 aromatic heterocycles. The van der Waals surface area contributed by atoms with Crippen molar-refractivity contribution in [3.05, 3.63) is 88.9 Å². The van der Waals surface area contributed by atoms with Crippen molar-refractivity contribution in [1.29, 1.82) is 5.26 Å². The Labute approximate surface area is 231 Å². The molecule has 1 atom stereocenters. The van der Waals surface area contributed by atoms with Gasteiger partial charge in [0.05, 0.1) is 35.0 Å². The summed E-state index contributed by atoms with van der Waals surface area (Å²) in [6.07, 6.45) is -2.07. The minimum atomic E-state index is -4.90. The average molecular weight is 574 g/mol. The molecule has 0 bridgehead atoms. The summed E-state index contributed by atoms with van der Waals surface area (Å²) in [5.74, 6) is -0.974. The number of alkyl halides is 3. The third-order valence-electron chi connectivity index (χ3n) is 6.35. The largest absolute Gasteiger partial charge is 0.419 e. The Morgan fingerprint density at radius 3 is 2.62 bits per heavy atom. The number of rotatable bonds is 9. The van der Waals surface area contributed by atoms with Crippen LogP contribution in [0.1, 0.15) is 42.3 Å². The molecule has 0 fully saturated rings. The normalized spacial score (nSPS) is 12.3. The quantitative estimate of drug-likeness (QED) is 0.170. The molecule has 4 rings (SSSR count). The van der Waals surface area contributed by atoms with Gasteiger partial charge in [-0.2, -0.15) is 30.2 Å². The van der Waals surface area contributed by atoms with E-state index in [1.165, 1.54) is 23.2 Å². The van der Waals surface area contributed by atoms with E-state index in [9.17, 15) is 26.7 Å². The smallest absolute Gasteiger partial charge is 0.333 e. The Hall–Kier alpha value is -3.98. The lowest BCUT2D eigenvalue weighted by molar-refractivity contribution is -0.140. The minimum Gasteiger partial charge on any atom is -0.333 e. The van der Waals surface area contributed by atoms with Crippen molar-refractivity contribution in [2.45, 2.75) is 32.5 Å². The zero-order chi connectivity index (χ0) is 29.0. The van der Waals surface area contributed by atoms with E-state index in [0.29, 0.717) is 40.6 Å². The number of benzene rings is 2. The number of carbonyl (C=O) groups is 1. The summed E-state index contributed by atoms with van der Waals surface area (Å²) in [7, 11) is 0. The van der Waals surface area contributed by atoms with Crippen molar-refractivity contribution in [2.24, 2.45) is 0 Å². The molecule has 0 aliphatic carbocycles. The van der Waals surface area contributed by atoms with E-state index in [1.54, 1.807) is 47.5 Å². The fourth-order valence-corrected chi connectivity index (χ4v) is 5.02. The molecule has 0 saturated heterocycles. The highest BCUT2D eigenvalue weighted by Crippen LogP contribution is 2.34. The van der Waals surface area contributed by atoms with Gasteiger partial charge < -0.3 is 4.90 Å². The van der Waals surface area contributed by atoms with E-state index in [4.69, 9.17) is 5.26 Å². The lowest BCUT2D eigenvalue weighted by atomic mass is 10.0. The first-order valence-electron chi connectivity index (χ1n) is 12.3. The van der Waals surface area contributed by atoms with Gasteiger partial charge in [-0.05, 0) is 48.6 Å². The molecule has 0 aliphatic heterocycles. The van der Waals surface area contributed by atoms with Gasteiger partial charge in [0.1, 0.15) is 17.7 Å². The molecule has 0 radical (unpaired) electrons. The topological polar surface area (TPSA) is 74.3 Å². The second kappa shape index (κ2) is 12.0. The summed E-state index contributed by atoms with van der Waals surface area (Å²) in [5, 5.41) is 9.14. The van der Waals surface area contributed by atoms with Crippen LogP contribution in [-0.2, 0) is 17.4 Å². The summed E-state index contributed by atoms with van der Waals surface area (Å²) in [5.41, 5.74) is -0.284. The molecule has 0 saturated carbocycles. The Morgan fingerprint density at radius 1 is 1.18 bits per heavy atom. The molecule has 2 aromatic carbocycles. The van der Waals surface area contributed by atoms with Crippen molar-refractivity contribution in [1.82, 2.24) is 19.3 Å². The van der Waals surface area contributed by atoms with E-state index in [1.807, 2.05) is 6.92 Å². The average Bonchev–Trinajstić information content (AvgIpc) is 3.31. The summed E-state index contributed by atoms with van der Waals surface area (Å²) in [6, 6.07) is 9.41. The molecule has 1 unspecified atom stereocenters. The van der Waals surface area contributed by atoms with Gasteiger partial charge in [-0.25, -0.2) is 18.7 Å². The SMILES string of the molecule is CCSCCN(C(=O)Cc1ccc(F)c(C(F)(F)F)c1)C(C)c1nc2ncccn2c1-c1ccc(C#N)c(F)c1. The first kappa shape index (κ1) is 29.0. The van der Waals surface area contributed by atoms with Crippen LogP contribution in [0, 0.1) is 23.0 Å². The fraction of sp³-hybridized carbons (Fsp3) is 0.286. The van der Waals surface area contributed by atoms with Crippen LogP contribution in [0.3, 0.4) is 0 Å². The number of nitrogens with zero attached hydrogens (tertiary/aromatic N) is 5. The Kier molecular flexibility index (Phi) is 8.73. The van der Waals surface area contributed by atoms with Crippen molar-refractivity contribution >= 4 is 23.4 Å². The second-order valence-corrected chi connectivity index (χ2v) is 10.3. The van der Waals surface area contributed by atoms with Crippen molar-refractivity contribution in [3.63, 3.8) is 0 Å². The van der Waals surface area contributed by atoms with E-state index in [2.05, 4.69) is 9.97 Å². The zero-order valence-corrected chi connectivity index (χ0v) is 22.4. The number of amides is 1. The number of fused-ring (bicyclic) bond motifs is 1. The number of hydrogen-bond donors (Lipinski definition) is 0. The summed E-state index contributed by atoms with van der Waals surface area (Å²) < 4.78 is 69.9. The van der Waals surface area contributed by atoms with Gasteiger partial charge in [0.15, 0.2) is 0 Å². The Balaban J connectivity index is 1.76. The number of nitriles is 1. The molecule has 1 amide bonds. The first-order valence-corrected chi connectivity index (χ1v) is 13.5. The highest BCUT2D eigenvalue weighted by atomic mass is 32.2. The van der Waals surface area contributed by atoms with Crippen LogP contribution in [0.25, 0.3) is 17.0 Å². The molecule has 2 heterocycles. The molecule has 6 nitrogen and oxygen atoms in total. The van der Waals surface area contributed by atoms with Crippen molar-refractivity contribution < 1.29 is 26.7 Å². The van der Waals surface area contributed by atoms with E-state index >= 15 is 0 Å². The van der Waals surface area contributed by atoms with Gasteiger partial charge in [0.25, 0.3) is 0 Å². The number of halogens is 5. The second-order valence-electron chi connectivity index (χ2n) is 8.89. The third-order valence-corrected chi connectivity index (χ3v) is 7.23. The highest BCUT2D eigenvalue weighted by Gasteiger charge is 2.35. The van der Waals surface area contributed by atoms with Gasteiger partial charge in [0, 0.05) is 30.3 Å². The maximum Gasteiger partial charge on any atom is 0.419 e. The number of thioether (sulfide) groups is 1. The van der Waals surface area contributed by atoms with Gasteiger partial charge in [-0.1, -0.05) is 19.1 Å². The third kappa shape index (κ3) is 6.09. The molecule has 12 heteroatoms. The maximum absolute atomic E-state index is 14.6. The summed E-state index contributed by atoms with van der Waals surface area (Å²) in [6.45, 7) is 3.95. The predicted octanol–water partition coefficient (Wildman–Crippen LogP) is 6.45. The Bertz CT molecular complexity index is 1580. The van der Waals surface area contributed by atoms with E-state index in [-0.39, 0.29) is 17.7 Å². The van der Waals surface area contributed by atoms with Crippen LogP contribution in [-0.4, -0.2) is 43.2 Å². The number of hydrogen-bond acceptors (Lipinski definition) is 5. The molecule has 208 valence electrons. The molecule has 4 aromatic rings. The first-order chi connectivity index (χ1) is 19.0. The van der Waals surface area contributed by atoms with Crippen LogP contribution >= 0.6 is 11.8 Å². The summed E-state index contributed by atoms with van der Waals surface area (Å²) in [4.78, 5) is 24.0. The summed E-state index contributed by atoms with van der Waals surface area (Å²) >= 11 is 1.58. The highest BCUT2D eigenvalue weighted by molar-refractivity contribution is 7.99. The molecule has 0 N–H and O–H groups in total. The number of aromatic nitrogens is 3. The predicted molar refractivity (Wildman–Crippen MR) is 141 cm³/mol. The molecular formula is C28H24F5N5OS. The van der Waals surface area contributed by atoms with Gasteiger partial charge in [0.2, 0.25) is 11.7 Å². The van der Waals surface area contributed by atoms with E-state index < -0.39 is 41.7 Å². The fourth-order valence-electron chi connectivity index (χ4n) is 4.40. The molecule has 0 spiro atoms. The van der Waals surface area contributed by atoms with Crippen LogP contribution in [0.5, 0.6) is 0 Å². The van der Waals surface area contributed by atoms with Gasteiger partial charge >= 0.3 is 6.18 Å². The van der Waals surface area contributed by atoms with Crippen LogP contribution < -0.4 is 0 Å². The van der Waals surface area contributed by atoms with Crippen molar-refractivity contribution in [2.75, 3.05) is 18.1 Å².